The fourth-order valence-corrected chi connectivity index (χ4v) is 2.12. The second kappa shape index (κ2) is 6.84. The lowest BCUT2D eigenvalue weighted by Crippen LogP contribution is -2.41. The van der Waals surface area contributed by atoms with Crippen LogP contribution in [0.2, 0.25) is 0 Å². The number of carbonyl (C=O) groups is 1. The molecular formula is C13H25NO3. The van der Waals surface area contributed by atoms with Crippen LogP contribution >= 0.6 is 0 Å². The molecule has 1 saturated carbocycles. The van der Waals surface area contributed by atoms with E-state index in [1.807, 2.05) is 18.7 Å². The summed E-state index contributed by atoms with van der Waals surface area (Å²) in [7, 11) is 1.70. The van der Waals surface area contributed by atoms with Gasteiger partial charge in [0.2, 0.25) is 0 Å². The van der Waals surface area contributed by atoms with Gasteiger partial charge >= 0.3 is 6.09 Å². The third-order valence-corrected chi connectivity index (χ3v) is 3.33. The summed E-state index contributed by atoms with van der Waals surface area (Å²) in [4.78, 5) is 13.5. The molecule has 2 fully saturated rings. The Morgan fingerprint density at radius 3 is 2.35 bits per heavy atom. The molecule has 1 unspecified atom stereocenters. The van der Waals surface area contributed by atoms with Crippen LogP contribution in [0.4, 0.5) is 4.79 Å². The van der Waals surface area contributed by atoms with E-state index in [1.165, 1.54) is 0 Å². The number of carbonyl (C=O) groups excluding carboxylic acids is 1. The van der Waals surface area contributed by atoms with Gasteiger partial charge in [0.05, 0.1) is 6.10 Å². The highest BCUT2D eigenvalue weighted by atomic mass is 16.6. The molecule has 0 aromatic rings. The summed E-state index contributed by atoms with van der Waals surface area (Å²) in [6.45, 7) is 7.86. The van der Waals surface area contributed by atoms with Crippen LogP contribution in [-0.2, 0) is 9.47 Å². The second-order valence-electron chi connectivity index (χ2n) is 4.67. The van der Waals surface area contributed by atoms with Gasteiger partial charge in [-0.25, -0.2) is 4.79 Å². The summed E-state index contributed by atoms with van der Waals surface area (Å²) >= 11 is 0. The van der Waals surface area contributed by atoms with Gasteiger partial charge in [-0.1, -0.05) is 20.8 Å². The Kier molecular flexibility index (Phi) is 5.75. The summed E-state index contributed by atoms with van der Waals surface area (Å²) in [6.07, 6.45) is 3.04. The van der Waals surface area contributed by atoms with Crippen LogP contribution in [-0.4, -0.2) is 43.4 Å². The normalized spacial score (nSPS) is 31.3. The van der Waals surface area contributed by atoms with Crippen molar-refractivity contribution in [3.05, 3.63) is 0 Å². The predicted molar refractivity (Wildman–Crippen MR) is 67.0 cm³/mol. The van der Waals surface area contributed by atoms with Crippen molar-refractivity contribution in [1.29, 1.82) is 0 Å². The molecule has 1 saturated heterocycles. The second-order valence-corrected chi connectivity index (χ2v) is 4.67. The highest BCUT2D eigenvalue weighted by molar-refractivity contribution is 5.68. The molecule has 0 aromatic heterocycles. The molecule has 4 heteroatoms. The number of likely N-dealkylation sites (tertiary alicyclic amines) is 1. The zero-order valence-electron chi connectivity index (χ0n) is 11.4. The van der Waals surface area contributed by atoms with Gasteiger partial charge in [-0.15, -0.1) is 0 Å². The van der Waals surface area contributed by atoms with Crippen molar-refractivity contribution in [3.8, 4) is 0 Å². The first kappa shape index (κ1) is 14.3. The maximum atomic E-state index is 11.7. The standard InChI is InChI=1S/C11H19NO3.C2H6/c1-8-3-4-12(7-8)11(13)15-10-5-9(6-10)14-2;1-2/h8-10H,3-7H2,1-2H3;1-2H3. The molecule has 0 spiro atoms. The van der Waals surface area contributed by atoms with Crippen molar-refractivity contribution >= 4 is 6.09 Å². The fourth-order valence-electron chi connectivity index (χ4n) is 2.12. The number of rotatable bonds is 2. The lowest BCUT2D eigenvalue weighted by Gasteiger charge is -2.34. The van der Waals surface area contributed by atoms with Crippen molar-refractivity contribution in [1.82, 2.24) is 4.90 Å². The largest absolute Gasteiger partial charge is 0.446 e. The Morgan fingerprint density at radius 2 is 1.88 bits per heavy atom. The van der Waals surface area contributed by atoms with E-state index in [-0.39, 0.29) is 12.2 Å². The number of ether oxygens (including phenoxy) is 2. The minimum atomic E-state index is -0.140. The van der Waals surface area contributed by atoms with Crippen molar-refractivity contribution in [2.24, 2.45) is 5.92 Å². The van der Waals surface area contributed by atoms with Crippen molar-refractivity contribution in [2.75, 3.05) is 20.2 Å². The van der Waals surface area contributed by atoms with E-state index < -0.39 is 0 Å². The van der Waals surface area contributed by atoms with Gasteiger partial charge in [-0.2, -0.15) is 0 Å². The maximum absolute atomic E-state index is 11.7. The molecular weight excluding hydrogens is 218 g/mol. The molecule has 0 aromatic carbocycles. The van der Waals surface area contributed by atoms with Crippen LogP contribution in [0, 0.1) is 5.92 Å². The van der Waals surface area contributed by atoms with Crippen LogP contribution in [0.5, 0.6) is 0 Å². The number of amides is 1. The summed E-state index contributed by atoms with van der Waals surface area (Å²) < 4.78 is 10.5. The Bertz CT molecular complexity index is 239. The molecule has 0 bridgehead atoms. The van der Waals surface area contributed by atoms with Gasteiger partial charge in [-0.05, 0) is 12.3 Å². The third kappa shape index (κ3) is 3.87. The molecule has 1 amide bonds. The van der Waals surface area contributed by atoms with Gasteiger partial charge in [0, 0.05) is 33.0 Å². The van der Waals surface area contributed by atoms with Gasteiger partial charge in [-0.3, -0.25) is 0 Å². The van der Waals surface area contributed by atoms with Crippen LogP contribution in [0.3, 0.4) is 0 Å². The van der Waals surface area contributed by atoms with Crippen LogP contribution in [0.15, 0.2) is 0 Å². The van der Waals surface area contributed by atoms with E-state index in [4.69, 9.17) is 9.47 Å². The first-order chi connectivity index (χ1) is 8.19. The Morgan fingerprint density at radius 1 is 1.24 bits per heavy atom. The minimum Gasteiger partial charge on any atom is -0.446 e. The van der Waals surface area contributed by atoms with Crippen LogP contribution in [0.25, 0.3) is 0 Å². The van der Waals surface area contributed by atoms with Crippen LogP contribution in [0.1, 0.15) is 40.0 Å². The molecule has 2 rings (SSSR count). The molecule has 2 aliphatic rings. The number of nitrogens with zero attached hydrogens (tertiary/aromatic N) is 1. The average molecular weight is 243 g/mol. The highest BCUT2D eigenvalue weighted by Gasteiger charge is 2.34. The average Bonchev–Trinajstić information content (AvgIpc) is 2.72. The summed E-state index contributed by atoms with van der Waals surface area (Å²) in [5.41, 5.74) is 0. The van der Waals surface area contributed by atoms with Gasteiger partial charge in [0.15, 0.2) is 0 Å². The quantitative estimate of drug-likeness (QED) is 0.748. The minimum absolute atomic E-state index is 0.0818. The van der Waals surface area contributed by atoms with Crippen molar-refractivity contribution in [3.63, 3.8) is 0 Å². The van der Waals surface area contributed by atoms with Gasteiger partial charge < -0.3 is 14.4 Å². The molecule has 4 nitrogen and oxygen atoms in total. The Labute approximate surface area is 104 Å². The lowest BCUT2D eigenvalue weighted by atomic mass is 9.92. The van der Waals surface area contributed by atoms with Crippen molar-refractivity contribution < 1.29 is 14.3 Å². The number of hydrogen-bond donors (Lipinski definition) is 0. The molecule has 1 heterocycles. The van der Waals surface area contributed by atoms with Crippen LogP contribution < -0.4 is 0 Å². The van der Waals surface area contributed by atoms with E-state index >= 15 is 0 Å². The maximum Gasteiger partial charge on any atom is 0.410 e. The van der Waals surface area contributed by atoms with E-state index in [0.29, 0.717) is 12.0 Å². The summed E-state index contributed by atoms with van der Waals surface area (Å²) in [6, 6.07) is 0. The fraction of sp³-hybridized carbons (Fsp3) is 0.923. The molecule has 17 heavy (non-hydrogen) atoms. The Balaban J connectivity index is 0.000000686. The third-order valence-electron chi connectivity index (χ3n) is 3.33. The molecule has 1 atom stereocenters. The Hall–Kier alpha value is -0.770. The van der Waals surface area contributed by atoms with E-state index in [9.17, 15) is 4.79 Å². The molecule has 0 radical (unpaired) electrons. The van der Waals surface area contributed by atoms with Gasteiger partial charge in [0.25, 0.3) is 0 Å². The van der Waals surface area contributed by atoms with E-state index in [0.717, 1.165) is 32.4 Å². The molecule has 1 aliphatic carbocycles. The first-order valence-electron chi connectivity index (χ1n) is 6.67. The van der Waals surface area contributed by atoms with Gasteiger partial charge in [0.1, 0.15) is 6.10 Å². The molecule has 0 N–H and O–H groups in total. The van der Waals surface area contributed by atoms with E-state index in [2.05, 4.69) is 6.92 Å². The van der Waals surface area contributed by atoms with E-state index in [1.54, 1.807) is 7.11 Å². The number of methoxy groups -OCH3 is 1. The highest BCUT2D eigenvalue weighted by Crippen LogP contribution is 2.27. The first-order valence-corrected chi connectivity index (χ1v) is 6.67. The van der Waals surface area contributed by atoms with Crippen molar-refractivity contribution in [2.45, 2.75) is 52.2 Å². The lowest BCUT2D eigenvalue weighted by molar-refractivity contribution is -0.0628. The molecule has 1 aliphatic heterocycles. The monoisotopic (exact) mass is 243 g/mol. The topological polar surface area (TPSA) is 38.8 Å². The zero-order valence-corrected chi connectivity index (χ0v) is 11.4. The summed E-state index contributed by atoms with van der Waals surface area (Å²) in [5, 5.41) is 0. The smallest absolute Gasteiger partial charge is 0.410 e. The SMILES string of the molecule is CC.COC1CC(OC(=O)N2CCC(C)C2)C1. The number of hydrogen-bond acceptors (Lipinski definition) is 3. The zero-order chi connectivity index (χ0) is 12.8. The molecule has 100 valence electrons. The summed E-state index contributed by atoms with van der Waals surface area (Å²) in [5.74, 6) is 0.616. The predicted octanol–water partition coefficient (Wildman–Crippen LogP) is 2.67.